The highest BCUT2D eigenvalue weighted by molar-refractivity contribution is 6.08. The molecule has 0 radical (unpaired) electrons. The third-order valence-corrected chi connectivity index (χ3v) is 3.47. The molecule has 0 saturated heterocycles. The maximum absolute atomic E-state index is 12.3. The van der Waals surface area contributed by atoms with E-state index < -0.39 is 0 Å². The van der Waals surface area contributed by atoms with Gasteiger partial charge < -0.3 is 16.0 Å². The van der Waals surface area contributed by atoms with E-state index in [1.165, 1.54) is 0 Å². The SMILES string of the molecule is CCCNCCNC(=O)c1ccccc1NC(=O)c1ccccc1. The van der Waals surface area contributed by atoms with Crippen LogP contribution in [0.3, 0.4) is 0 Å². The van der Waals surface area contributed by atoms with Crippen molar-refractivity contribution >= 4 is 17.5 Å². The van der Waals surface area contributed by atoms with Crippen molar-refractivity contribution in [2.45, 2.75) is 13.3 Å². The third kappa shape index (κ3) is 5.21. The molecule has 126 valence electrons. The molecule has 2 amide bonds. The molecule has 2 aromatic carbocycles. The molecule has 5 heteroatoms. The number of hydrogen-bond acceptors (Lipinski definition) is 3. The number of carbonyl (C=O) groups excluding carboxylic acids is 2. The first-order chi connectivity index (χ1) is 11.7. The number of nitrogens with one attached hydrogen (secondary N) is 3. The van der Waals surface area contributed by atoms with Gasteiger partial charge in [0.15, 0.2) is 0 Å². The van der Waals surface area contributed by atoms with Gasteiger partial charge in [0.2, 0.25) is 0 Å². The van der Waals surface area contributed by atoms with Gasteiger partial charge in [-0.05, 0) is 37.2 Å². The van der Waals surface area contributed by atoms with Crippen LogP contribution < -0.4 is 16.0 Å². The zero-order valence-electron chi connectivity index (χ0n) is 13.8. The van der Waals surface area contributed by atoms with Crippen LogP contribution in [0.1, 0.15) is 34.1 Å². The molecule has 0 aliphatic heterocycles. The summed E-state index contributed by atoms with van der Waals surface area (Å²) in [6.07, 6.45) is 1.06. The number of benzene rings is 2. The van der Waals surface area contributed by atoms with E-state index in [1.807, 2.05) is 6.07 Å². The highest BCUT2D eigenvalue weighted by Crippen LogP contribution is 2.16. The van der Waals surface area contributed by atoms with Gasteiger partial charge in [0.05, 0.1) is 11.3 Å². The third-order valence-electron chi connectivity index (χ3n) is 3.47. The van der Waals surface area contributed by atoms with Crippen molar-refractivity contribution in [1.29, 1.82) is 0 Å². The van der Waals surface area contributed by atoms with Gasteiger partial charge in [0, 0.05) is 18.7 Å². The van der Waals surface area contributed by atoms with Crippen LogP contribution >= 0.6 is 0 Å². The minimum absolute atomic E-state index is 0.197. The fraction of sp³-hybridized carbons (Fsp3) is 0.263. The van der Waals surface area contributed by atoms with E-state index in [0.29, 0.717) is 23.4 Å². The Kier molecular flexibility index (Phi) is 6.98. The van der Waals surface area contributed by atoms with Gasteiger partial charge in [-0.3, -0.25) is 9.59 Å². The quantitative estimate of drug-likeness (QED) is 0.654. The summed E-state index contributed by atoms with van der Waals surface area (Å²) in [6, 6.07) is 15.9. The maximum atomic E-state index is 12.3. The number of rotatable bonds is 8. The van der Waals surface area contributed by atoms with Crippen molar-refractivity contribution in [3.8, 4) is 0 Å². The molecular formula is C19H23N3O2. The van der Waals surface area contributed by atoms with E-state index in [4.69, 9.17) is 0 Å². The van der Waals surface area contributed by atoms with Crippen LogP contribution in [0, 0.1) is 0 Å². The van der Waals surface area contributed by atoms with Crippen LogP contribution in [0.15, 0.2) is 54.6 Å². The van der Waals surface area contributed by atoms with E-state index in [9.17, 15) is 9.59 Å². The van der Waals surface area contributed by atoms with E-state index >= 15 is 0 Å². The molecule has 0 bridgehead atoms. The lowest BCUT2D eigenvalue weighted by atomic mass is 10.1. The molecule has 24 heavy (non-hydrogen) atoms. The average molecular weight is 325 g/mol. The molecule has 0 spiro atoms. The van der Waals surface area contributed by atoms with Crippen LogP contribution in [-0.2, 0) is 0 Å². The lowest BCUT2D eigenvalue weighted by molar-refractivity contribution is 0.0955. The summed E-state index contributed by atoms with van der Waals surface area (Å²) >= 11 is 0. The van der Waals surface area contributed by atoms with Gasteiger partial charge in [0.1, 0.15) is 0 Å². The Morgan fingerprint density at radius 3 is 2.29 bits per heavy atom. The van der Waals surface area contributed by atoms with E-state index in [0.717, 1.165) is 19.5 Å². The molecular weight excluding hydrogens is 302 g/mol. The second-order valence-corrected chi connectivity index (χ2v) is 5.37. The Hall–Kier alpha value is -2.66. The number of carbonyl (C=O) groups is 2. The standard InChI is InChI=1S/C19H23N3O2/c1-2-12-20-13-14-21-19(24)16-10-6-7-11-17(16)22-18(23)15-8-4-3-5-9-15/h3-11,20H,2,12-14H2,1H3,(H,21,24)(H,22,23). The zero-order chi connectivity index (χ0) is 17.2. The predicted molar refractivity (Wildman–Crippen MR) is 96.3 cm³/mol. The Morgan fingerprint density at radius 1 is 0.833 bits per heavy atom. The van der Waals surface area contributed by atoms with Gasteiger partial charge in [-0.2, -0.15) is 0 Å². The largest absolute Gasteiger partial charge is 0.351 e. The predicted octanol–water partition coefficient (Wildman–Crippen LogP) is 2.67. The molecule has 0 saturated carbocycles. The van der Waals surface area contributed by atoms with Crippen molar-refractivity contribution in [1.82, 2.24) is 10.6 Å². The van der Waals surface area contributed by atoms with E-state index in [1.54, 1.807) is 48.5 Å². The molecule has 5 nitrogen and oxygen atoms in total. The normalized spacial score (nSPS) is 10.2. The summed E-state index contributed by atoms with van der Waals surface area (Å²) in [5, 5.41) is 8.89. The molecule has 0 aliphatic rings. The molecule has 0 heterocycles. The van der Waals surface area contributed by atoms with Crippen LogP contribution in [-0.4, -0.2) is 31.4 Å². The average Bonchev–Trinajstić information content (AvgIpc) is 2.62. The number of anilines is 1. The first kappa shape index (κ1) is 17.7. The molecule has 0 atom stereocenters. The van der Waals surface area contributed by atoms with Crippen molar-refractivity contribution in [3.05, 3.63) is 65.7 Å². The van der Waals surface area contributed by atoms with Gasteiger partial charge in [-0.1, -0.05) is 37.3 Å². The van der Waals surface area contributed by atoms with E-state index in [2.05, 4.69) is 22.9 Å². The van der Waals surface area contributed by atoms with Gasteiger partial charge >= 0.3 is 0 Å². The molecule has 3 N–H and O–H groups in total. The Balaban J connectivity index is 1.99. The number of amides is 2. The van der Waals surface area contributed by atoms with Crippen LogP contribution in [0.2, 0.25) is 0 Å². The summed E-state index contributed by atoms with van der Waals surface area (Å²) in [5.41, 5.74) is 1.51. The number of hydrogen-bond donors (Lipinski definition) is 3. The van der Waals surface area contributed by atoms with Crippen molar-refractivity contribution in [2.75, 3.05) is 25.0 Å². The minimum Gasteiger partial charge on any atom is -0.351 e. The lowest BCUT2D eigenvalue weighted by Crippen LogP contribution is -2.32. The highest BCUT2D eigenvalue weighted by atomic mass is 16.2. The van der Waals surface area contributed by atoms with Crippen LogP contribution in [0.25, 0.3) is 0 Å². The topological polar surface area (TPSA) is 70.2 Å². The summed E-state index contributed by atoms with van der Waals surface area (Å²) in [7, 11) is 0. The summed E-state index contributed by atoms with van der Waals surface area (Å²) in [5.74, 6) is -0.433. The maximum Gasteiger partial charge on any atom is 0.255 e. The fourth-order valence-electron chi connectivity index (χ4n) is 2.24. The summed E-state index contributed by atoms with van der Waals surface area (Å²) < 4.78 is 0. The van der Waals surface area contributed by atoms with Gasteiger partial charge in [0.25, 0.3) is 11.8 Å². The zero-order valence-corrected chi connectivity index (χ0v) is 13.8. The Labute approximate surface area is 142 Å². The smallest absolute Gasteiger partial charge is 0.255 e. The van der Waals surface area contributed by atoms with Crippen LogP contribution in [0.4, 0.5) is 5.69 Å². The van der Waals surface area contributed by atoms with Crippen molar-refractivity contribution < 1.29 is 9.59 Å². The van der Waals surface area contributed by atoms with Crippen molar-refractivity contribution in [2.24, 2.45) is 0 Å². The van der Waals surface area contributed by atoms with Gasteiger partial charge in [-0.25, -0.2) is 0 Å². The minimum atomic E-state index is -0.236. The van der Waals surface area contributed by atoms with Gasteiger partial charge in [-0.15, -0.1) is 0 Å². The van der Waals surface area contributed by atoms with Crippen molar-refractivity contribution in [3.63, 3.8) is 0 Å². The highest BCUT2D eigenvalue weighted by Gasteiger charge is 2.13. The Morgan fingerprint density at radius 2 is 1.54 bits per heavy atom. The first-order valence-corrected chi connectivity index (χ1v) is 8.16. The molecule has 0 aliphatic carbocycles. The lowest BCUT2D eigenvalue weighted by Gasteiger charge is -2.11. The van der Waals surface area contributed by atoms with Crippen LogP contribution in [0.5, 0.6) is 0 Å². The first-order valence-electron chi connectivity index (χ1n) is 8.16. The fourth-order valence-corrected chi connectivity index (χ4v) is 2.24. The van der Waals surface area contributed by atoms with E-state index in [-0.39, 0.29) is 11.8 Å². The Bertz CT molecular complexity index is 671. The molecule has 2 rings (SSSR count). The summed E-state index contributed by atoms with van der Waals surface area (Å²) in [6.45, 7) is 4.29. The molecule has 2 aromatic rings. The molecule has 0 unspecified atom stereocenters. The monoisotopic (exact) mass is 325 g/mol. The molecule has 0 aromatic heterocycles. The second kappa shape index (κ2) is 9.47. The second-order valence-electron chi connectivity index (χ2n) is 5.37. The number of para-hydroxylation sites is 1. The summed E-state index contributed by atoms with van der Waals surface area (Å²) in [4.78, 5) is 24.6. The molecule has 0 fully saturated rings.